The maximum Gasteiger partial charge on any atom is 0.339 e. The predicted molar refractivity (Wildman–Crippen MR) is 108 cm³/mol. The van der Waals surface area contributed by atoms with E-state index in [0.29, 0.717) is 21.2 Å². The summed E-state index contributed by atoms with van der Waals surface area (Å²) in [6, 6.07) is 19.2. The topological polar surface area (TPSA) is 69.4 Å². The van der Waals surface area contributed by atoms with Gasteiger partial charge >= 0.3 is 5.97 Å². The van der Waals surface area contributed by atoms with Crippen LogP contribution in [0.1, 0.15) is 28.4 Å². The largest absolute Gasteiger partial charge is 0.446 e. The standard InChI is InChI=1S/C21H15Cl2NO4/c1-21(15-4-2-6-17(22)12-15,16-5-3-7-18(23)13-16)28-20(25)14-8-10-19(11-9-14)24(26)27/h2-13H,1H3. The third kappa shape index (κ3) is 4.16. The van der Waals surface area contributed by atoms with Crippen LogP contribution in [0.3, 0.4) is 0 Å². The summed E-state index contributed by atoms with van der Waals surface area (Å²) in [6.45, 7) is 1.74. The van der Waals surface area contributed by atoms with E-state index in [1.54, 1.807) is 55.5 Å². The summed E-state index contributed by atoms with van der Waals surface area (Å²) in [6.07, 6.45) is 0. The van der Waals surface area contributed by atoms with Gasteiger partial charge in [-0.3, -0.25) is 10.1 Å². The van der Waals surface area contributed by atoms with Gasteiger partial charge in [0.25, 0.3) is 5.69 Å². The number of esters is 1. The van der Waals surface area contributed by atoms with Crippen molar-refractivity contribution in [3.8, 4) is 0 Å². The molecule has 0 atom stereocenters. The van der Waals surface area contributed by atoms with Crippen LogP contribution in [0.25, 0.3) is 0 Å². The summed E-state index contributed by atoms with van der Waals surface area (Å²) in [4.78, 5) is 23.1. The fourth-order valence-electron chi connectivity index (χ4n) is 2.82. The third-order valence-electron chi connectivity index (χ3n) is 4.36. The van der Waals surface area contributed by atoms with E-state index < -0.39 is 16.5 Å². The Labute approximate surface area is 171 Å². The molecule has 0 radical (unpaired) electrons. The number of nitro benzene ring substituents is 1. The average molecular weight is 416 g/mol. The molecule has 7 heteroatoms. The number of non-ortho nitro benzene ring substituents is 1. The molecule has 0 spiro atoms. The van der Waals surface area contributed by atoms with Crippen molar-refractivity contribution in [3.05, 3.63) is 110 Å². The first-order valence-electron chi connectivity index (χ1n) is 8.29. The van der Waals surface area contributed by atoms with Gasteiger partial charge in [-0.2, -0.15) is 0 Å². The van der Waals surface area contributed by atoms with Crippen LogP contribution < -0.4 is 0 Å². The molecule has 0 saturated heterocycles. The van der Waals surface area contributed by atoms with Crippen LogP contribution >= 0.6 is 23.2 Å². The molecular weight excluding hydrogens is 401 g/mol. The maximum atomic E-state index is 12.8. The molecule has 28 heavy (non-hydrogen) atoms. The number of hydrogen-bond donors (Lipinski definition) is 0. The van der Waals surface area contributed by atoms with Crippen molar-refractivity contribution >= 4 is 34.9 Å². The Hall–Kier alpha value is -2.89. The average Bonchev–Trinajstić information content (AvgIpc) is 2.68. The van der Waals surface area contributed by atoms with Crippen molar-refractivity contribution < 1.29 is 14.5 Å². The molecule has 0 aliphatic rings. The van der Waals surface area contributed by atoms with Gasteiger partial charge in [-0.25, -0.2) is 4.79 Å². The first-order chi connectivity index (χ1) is 13.3. The zero-order chi connectivity index (χ0) is 20.3. The number of hydrogen-bond acceptors (Lipinski definition) is 4. The van der Waals surface area contributed by atoms with Crippen molar-refractivity contribution in [1.29, 1.82) is 0 Å². The number of nitro groups is 1. The summed E-state index contributed by atoms with van der Waals surface area (Å²) in [5.74, 6) is -0.627. The molecule has 0 aliphatic carbocycles. The lowest BCUT2D eigenvalue weighted by molar-refractivity contribution is -0.384. The van der Waals surface area contributed by atoms with Crippen LogP contribution in [0.5, 0.6) is 0 Å². The van der Waals surface area contributed by atoms with E-state index in [1.807, 2.05) is 0 Å². The second-order valence-electron chi connectivity index (χ2n) is 6.25. The number of rotatable bonds is 5. The molecule has 0 bridgehead atoms. The second kappa shape index (κ2) is 8.00. The van der Waals surface area contributed by atoms with Crippen molar-refractivity contribution in [2.45, 2.75) is 12.5 Å². The zero-order valence-corrected chi connectivity index (χ0v) is 16.3. The molecule has 0 saturated carbocycles. The van der Waals surface area contributed by atoms with Gasteiger partial charge in [-0.1, -0.05) is 47.5 Å². The smallest absolute Gasteiger partial charge is 0.339 e. The molecule has 0 heterocycles. The van der Waals surface area contributed by atoms with Crippen LogP contribution in [0, 0.1) is 10.1 Å². The van der Waals surface area contributed by atoms with E-state index in [4.69, 9.17) is 27.9 Å². The monoisotopic (exact) mass is 415 g/mol. The van der Waals surface area contributed by atoms with Gasteiger partial charge in [0.2, 0.25) is 0 Å². The Balaban J connectivity index is 2.02. The normalized spacial score (nSPS) is 11.1. The van der Waals surface area contributed by atoms with Crippen molar-refractivity contribution in [3.63, 3.8) is 0 Å². The SMILES string of the molecule is CC(OC(=O)c1ccc([N+](=O)[O-])cc1)(c1cccc(Cl)c1)c1cccc(Cl)c1. The van der Waals surface area contributed by atoms with Gasteiger partial charge in [-0.15, -0.1) is 0 Å². The highest BCUT2D eigenvalue weighted by Gasteiger charge is 2.34. The van der Waals surface area contributed by atoms with E-state index in [1.165, 1.54) is 24.3 Å². The molecule has 0 aromatic heterocycles. The molecular formula is C21H15Cl2NO4. The summed E-state index contributed by atoms with van der Waals surface area (Å²) in [7, 11) is 0. The highest BCUT2D eigenvalue weighted by Crippen LogP contribution is 2.36. The van der Waals surface area contributed by atoms with E-state index >= 15 is 0 Å². The molecule has 0 aliphatic heterocycles. The van der Waals surface area contributed by atoms with Gasteiger partial charge in [0.1, 0.15) is 0 Å². The quantitative estimate of drug-likeness (QED) is 0.290. The summed E-state index contributed by atoms with van der Waals surface area (Å²) in [5, 5.41) is 11.8. The molecule has 0 unspecified atom stereocenters. The predicted octanol–water partition coefficient (Wildman–Crippen LogP) is 6.02. The fraction of sp³-hybridized carbons (Fsp3) is 0.0952. The number of halogens is 2. The van der Waals surface area contributed by atoms with Gasteiger partial charge in [0.05, 0.1) is 10.5 Å². The van der Waals surface area contributed by atoms with Crippen LogP contribution in [0.15, 0.2) is 72.8 Å². The van der Waals surface area contributed by atoms with Crippen LogP contribution in [0.2, 0.25) is 10.0 Å². The molecule has 0 amide bonds. The molecule has 142 valence electrons. The van der Waals surface area contributed by atoms with E-state index in [2.05, 4.69) is 0 Å². The van der Waals surface area contributed by atoms with Gasteiger partial charge in [0.15, 0.2) is 5.60 Å². The Kier molecular flexibility index (Phi) is 5.68. The van der Waals surface area contributed by atoms with E-state index in [0.717, 1.165) is 0 Å². The number of carbonyl (C=O) groups is 1. The van der Waals surface area contributed by atoms with Crippen molar-refractivity contribution in [1.82, 2.24) is 0 Å². The Morgan fingerprint density at radius 3 is 1.86 bits per heavy atom. The molecule has 3 aromatic carbocycles. The number of carbonyl (C=O) groups excluding carboxylic acids is 1. The second-order valence-corrected chi connectivity index (χ2v) is 7.12. The van der Waals surface area contributed by atoms with Crippen molar-refractivity contribution in [2.75, 3.05) is 0 Å². The summed E-state index contributed by atoms with van der Waals surface area (Å²) < 4.78 is 5.88. The minimum atomic E-state index is -1.17. The van der Waals surface area contributed by atoms with Gasteiger partial charge < -0.3 is 4.74 Å². The highest BCUT2D eigenvalue weighted by atomic mass is 35.5. The van der Waals surface area contributed by atoms with E-state index in [-0.39, 0.29) is 11.3 Å². The zero-order valence-electron chi connectivity index (χ0n) is 14.8. The van der Waals surface area contributed by atoms with Gasteiger partial charge in [0, 0.05) is 33.3 Å². The lowest BCUT2D eigenvalue weighted by Crippen LogP contribution is -2.30. The Morgan fingerprint density at radius 2 is 1.43 bits per heavy atom. The number of nitrogens with zero attached hydrogens (tertiary/aromatic N) is 1. The van der Waals surface area contributed by atoms with Gasteiger partial charge in [-0.05, 0) is 43.3 Å². The lowest BCUT2D eigenvalue weighted by Gasteiger charge is -2.31. The molecule has 0 N–H and O–H groups in total. The molecule has 5 nitrogen and oxygen atoms in total. The first kappa shape index (κ1) is 19.9. The first-order valence-corrected chi connectivity index (χ1v) is 9.05. The highest BCUT2D eigenvalue weighted by molar-refractivity contribution is 6.31. The van der Waals surface area contributed by atoms with Crippen LogP contribution in [-0.2, 0) is 10.3 Å². The third-order valence-corrected chi connectivity index (χ3v) is 4.83. The Morgan fingerprint density at radius 1 is 0.929 bits per heavy atom. The lowest BCUT2D eigenvalue weighted by atomic mass is 9.88. The Bertz CT molecular complexity index is 989. The van der Waals surface area contributed by atoms with Crippen molar-refractivity contribution in [2.24, 2.45) is 0 Å². The fourth-order valence-corrected chi connectivity index (χ4v) is 3.20. The molecule has 3 aromatic rings. The number of benzene rings is 3. The summed E-state index contributed by atoms with van der Waals surface area (Å²) in [5.41, 5.74) is 0.245. The van der Waals surface area contributed by atoms with Crippen LogP contribution in [0.4, 0.5) is 5.69 Å². The van der Waals surface area contributed by atoms with Crippen LogP contribution in [-0.4, -0.2) is 10.9 Å². The molecule has 0 fully saturated rings. The number of ether oxygens (including phenoxy) is 1. The minimum Gasteiger partial charge on any atom is -0.446 e. The van der Waals surface area contributed by atoms with E-state index in [9.17, 15) is 14.9 Å². The summed E-state index contributed by atoms with van der Waals surface area (Å²) >= 11 is 12.3. The maximum absolute atomic E-state index is 12.8. The minimum absolute atomic E-state index is 0.107. The molecule has 3 rings (SSSR count).